The first-order valence-corrected chi connectivity index (χ1v) is 10.8. The molecule has 168 valence electrons. The Hall–Kier alpha value is -4.00. The standard InChI is InChI=1S/C26H26N4O3/c1-16(2)30-24-22(6-5-15-27-24)29-23(26(30)32)19-7-9-20(10-8-19)25(31)28-17(3)18-11-13-21(33-4)14-12-18/h5-17H,1-4H3,(H,28,31)/t17-/m1/s1. The van der Waals surface area contributed by atoms with Crippen LogP contribution in [0.4, 0.5) is 0 Å². The van der Waals surface area contributed by atoms with Gasteiger partial charge in [0.05, 0.1) is 13.2 Å². The van der Waals surface area contributed by atoms with Gasteiger partial charge in [-0.3, -0.25) is 14.2 Å². The summed E-state index contributed by atoms with van der Waals surface area (Å²) in [5.41, 5.74) is 3.47. The number of methoxy groups -OCH3 is 1. The molecule has 33 heavy (non-hydrogen) atoms. The lowest BCUT2D eigenvalue weighted by Crippen LogP contribution is -2.27. The second-order valence-corrected chi connectivity index (χ2v) is 8.12. The number of carbonyl (C=O) groups is 1. The van der Waals surface area contributed by atoms with Crippen LogP contribution in [-0.4, -0.2) is 27.6 Å². The molecule has 0 saturated heterocycles. The number of pyridine rings is 1. The maximum absolute atomic E-state index is 13.2. The van der Waals surface area contributed by atoms with Crippen LogP contribution < -0.4 is 15.6 Å². The van der Waals surface area contributed by atoms with Crippen LogP contribution in [0.5, 0.6) is 5.75 Å². The first-order chi connectivity index (χ1) is 15.9. The smallest absolute Gasteiger partial charge is 0.278 e. The Kier molecular flexibility index (Phi) is 6.22. The van der Waals surface area contributed by atoms with E-state index >= 15 is 0 Å². The van der Waals surface area contributed by atoms with Crippen molar-refractivity contribution in [2.45, 2.75) is 32.9 Å². The third-order valence-corrected chi connectivity index (χ3v) is 5.55. The molecule has 1 N–H and O–H groups in total. The summed E-state index contributed by atoms with van der Waals surface area (Å²) in [6.45, 7) is 5.81. The first-order valence-electron chi connectivity index (χ1n) is 10.8. The van der Waals surface area contributed by atoms with Crippen molar-refractivity contribution in [3.8, 4) is 17.0 Å². The fraction of sp³-hybridized carbons (Fsp3) is 0.231. The SMILES string of the molecule is COc1ccc([C@@H](C)NC(=O)c2ccc(-c3nc4cccnc4n(C(C)C)c3=O)cc2)cc1. The van der Waals surface area contributed by atoms with E-state index in [1.54, 1.807) is 48.2 Å². The summed E-state index contributed by atoms with van der Waals surface area (Å²) in [4.78, 5) is 34.8. The fourth-order valence-corrected chi connectivity index (χ4v) is 3.74. The summed E-state index contributed by atoms with van der Waals surface area (Å²) in [5, 5.41) is 3.00. The second kappa shape index (κ2) is 9.24. The number of carbonyl (C=O) groups excluding carboxylic acids is 1. The number of nitrogens with zero attached hydrogens (tertiary/aromatic N) is 3. The van der Waals surface area contributed by atoms with E-state index in [1.807, 2.05) is 51.1 Å². The van der Waals surface area contributed by atoms with Crippen molar-refractivity contribution in [1.29, 1.82) is 0 Å². The van der Waals surface area contributed by atoms with Crippen molar-refractivity contribution in [1.82, 2.24) is 19.9 Å². The molecule has 2 heterocycles. The Morgan fingerprint density at radius 2 is 1.70 bits per heavy atom. The number of hydrogen-bond donors (Lipinski definition) is 1. The molecule has 7 heteroatoms. The molecule has 0 fully saturated rings. The van der Waals surface area contributed by atoms with Gasteiger partial charge in [0.2, 0.25) is 0 Å². The normalized spacial score (nSPS) is 12.0. The van der Waals surface area contributed by atoms with Crippen LogP contribution in [0.3, 0.4) is 0 Å². The Balaban J connectivity index is 1.59. The zero-order valence-corrected chi connectivity index (χ0v) is 19.1. The molecule has 2 aromatic carbocycles. The van der Waals surface area contributed by atoms with Gasteiger partial charge in [0.25, 0.3) is 11.5 Å². The highest BCUT2D eigenvalue weighted by Crippen LogP contribution is 2.21. The summed E-state index contributed by atoms with van der Waals surface area (Å²) in [5.74, 6) is 0.572. The van der Waals surface area contributed by atoms with Crippen molar-refractivity contribution in [2.75, 3.05) is 7.11 Å². The van der Waals surface area contributed by atoms with E-state index in [-0.39, 0.29) is 23.6 Å². The summed E-state index contributed by atoms with van der Waals surface area (Å²) in [6, 6.07) is 17.9. The van der Waals surface area contributed by atoms with Gasteiger partial charge in [0, 0.05) is 23.4 Å². The van der Waals surface area contributed by atoms with E-state index in [1.165, 1.54) is 0 Å². The highest BCUT2D eigenvalue weighted by Gasteiger charge is 2.17. The minimum Gasteiger partial charge on any atom is -0.497 e. The maximum Gasteiger partial charge on any atom is 0.278 e. The summed E-state index contributed by atoms with van der Waals surface area (Å²) < 4.78 is 6.83. The van der Waals surface area contributed by atoms with E-state index < -0.39 is 0 Å². The van der Waals surface area contributed by atoms with Crippen LogP contribution in [0.2, 0.25) is 0 Å². The van der Waals surface area contributed by atoms with Gasteiger partial charge in [0.1, 0.15) is 17.0 Å². The zero-order valence-electron chi connectivity index (χ0n) is 19.1. The summed E-state index contributed by atoms with van der Waals surface area (Å²) >= 11 is 0. The number of ether oxygens (including phenoxy) is 1. The van der Waals surface area contributed by atoms with Crippen LogP contribution >= 0.6 is 0 Å². The number of amides is 1. The van der Waals surface area contributed by atoms with Crippen LogP contribution in [0.25, 0.3) is 22.4 Å². The number of rotatable bonds is 6. The monoisotopic (exact) mass is 442 g/mol. The van der Waals surface area contributed by atoms with E-state index in [0.717, 1.165) is 11.3 Å². The van der Waals surface area contributed by atoms with E-state index in [4.69, 9.17) is 4.74 Å². The van der Waals surface area contributed by atoms with Crippen molar-refractivity contribution in [2.24, 2.45) is 0 Å². The molecule has 4 rings (SSSR count). The molecule has 0 aliphatic rings. The lowest BCUT2D eigenvalue weighted by Gasteiger charge is -2.16. The summed E-state index contributed by atoms with van der Waals surface area (Å²) in [7, 11) is 1.62. The molecular formula is C26H26N4O3. The van der Waals surface area contributed by atoms with E-state index in [9.17, 15) is 9.59 Å². The van der Waals surface area contributed by atoms with Gasteiger partial charge in [-0.25, -0.2) is 9.97 Å². The Labute approximate surface area is 192 Å². The quantitative estimate of drug-likeness (QED) is 0.474. The van der Waals surface area contributed by atoms with Crippen LogP contribution in [0.1, 0.15) is 48.8 Å². The molecule has 4 aromatic rings. The topological polar surface area (TPSA) is 86.1 Å². The predicted molar refractivity (Wildman–Crippen MR) is 128 cm³/mol. The number of fused-ring (bicyclic) bond motifs is 1. The Bertz CT molecular complexity index is 1340. The first kappa shape index (κ1) is 22.2. The number of benzene rings is 2. The van der Waals surface area contributed by atoms with Gasteiger partial charge in [0.15, 0.2) is 5.65 Å². The lowest BCUT2D eigenvalue weighted by molar-refractivity contribution is 0.0940. The van der Waals surface area contributed by atoms with Crippen LogP contribution in [0.15, 0.2) is 71.7 Å². The van der Waals surface area contributed by atoms with Gasteiger partial charge in [-0.05, 0) is 62.7 Å². The lowest BCUT2D eigenvalue weighted by atomic mass is 10.1. The van der Waals surface area contributed by atoms with Crippen molar-refractivity contribution in [3.05, 3.63) is 88.3 Å². The highest BCUT2D eigenvalue weighted by atomic mass is 16.5. The summed E-state index contributed by atoms with van der Waals surface area (Å²) in [6.07, 6.45) is 1.66. The van der Waals surface area contributed by atoms with Gasteiger partial charge in [-0.1, -0.05) is 24.3 Å². The second-order valence-electron chi connectivity index (χ2n) is 8.12. The van der Waals surface area contributed by atoms with E-state index in [2.05, 4.69) is 15.3 Å². The van der Waals surface area contributed by atoms with Crippen LogP contribution in [0, 0.1) is 0 Å². The van der Waals surface area contributed by atoms with Crippen LogP contribution in [-0.2, 0) is 0 Å². The average Bonchev–Trinajstić information content (AvgIpc) is 2.83. The number of aromatic nitrogens is 3. The molecule has 0 spiro atoms. The van der Waals surface area contributed by atoms with Crippen molar-refractivity contribution >= 4 is 17.1 Å². The molecule has 1 atom stereocenters. The largest absolute Gasteiger partial charge is 0.497 e. The molecule has 0 radical (unpaired) electrons. The fourth-order valence-electron chi connectivity index (χ4n) is 3.74. The third kappa shape index (κ3) is 4.48. The van der Waals surface area contributed by atoms with Gasteiger partial charge >= 0.3 is 0 Å². The third-order valence-electron chi connectivity index (χ3n) is 5.55. The maximum atomic E-state index is 13.2. The average molecular weight is 443 g/mol. The molecule has 0 unspecified atom stereocenters. The molecule has 1 amide bonds. The molecular weight excluding hydrogens is 416 g/mol. The zero-order chi connectivity index (χ0) is 23.5. The molecule has 7 nitrogen and oxygen atoms in total. The molecule has 2 aromatic heterocycles. The van der Waals surface area contributed by atoms with Crippen molar-refractivity contribution < 1.29 is 9.53 Å². The van der Waals surface area contributed by atoms with E-state index in [0.29, 0.717) is 28.0 Å². The predicted octanol–water partition coefficient (Wildman–Crippen LogP) is 4.54. The van der Waals surface area contributed by atoms with Gasteiger partial charge < -0.3 is 10.1 Å². The molecule has 0 aliphatic heterocycles. The molecule has 0 saturated carbocycles. The Morgan fingerprint density at radius 1 is 1.00 bits per heavy atom. The minimum absolute atomic E-state index is 0.0684. The number of hydrogen-bond acceptors (Lipinski definition) is 5. The van der Waals surface area contributed by atoms with Gasteiger partial charge in [-0.15, -0.1) is 0 Å². The highest BCUT2D eigenvalue weighted by molar-refractivity contribution is 5.95. The van der Waals surface area contributed by atoms with Crippen molar-refractivity contribution in [3.63, 3.8) is 0 Å². The minimum atomic E-state index is -0.207. The van der Waals surface area contributed by atoms with Gasteiger partial charge in [-0.2, -0.15) is 0 Å². The number of nitrogens with one attached hydrogen (secondary N) is 1. The molecule has 0 aliphatic carbocycles. The Morgan fingerprint density at radius 3 is 2.33 bits per heavy atom. The molecule has 0 bridgehead atoms.